The Morgan fingerprint density at radius 3 is 2.76 bits per heavy atom. The number of hydrogen-bond donors (Lipinski definition) is 2. The topological polar surface area (TPSA) is 50.9 Å². The molecule has 21 heavy (non-hydrogen) atoms. The van der Waals surface area contributed by atoms with Crippen LogP contribution >= 0.6 is 0 Å². The highest BCUT2D eigenvalue weighted by molar-refractivity contribution is 5.97. The number of nitrogens with one attached hydrogen (secondary N) is 1. The summed E-state index contributed by atoms with van der Waals surface area (Å²) >= 11 is 0. The van der Waals surface area contributed by atoms with Crippen molar-refractivity contribution in [2.75, 3.05) is 17.6 Å². The number of nitrogen functional groups attached to an aromatic ring is 1. The van der Waals surface area contributed by atoms with Gasteiger partial charge in [0.1, 0.15) is 0 Å². The molecule has 0 bridgehead atoms. The number of fused-ring (bicyclic) bond motifs is 1. The van der Waals surface area contributed by atoms with Crippen LogP contribution in [-0.2, 0) is 6.42 Å². The lowest BCUT2D eigenvalue weighted by Gasteiger charge is -2.11. The van der Waals surface area contributed by atoms with Gasteiger partial charge in [0.15, 0.2) is 0 Å². The van der Waals surface area contributed by atoms with Gasteiger partial charge in [0.05, 0.1) is 11.2 Å². The van der Waals surface area contributed by atoms with E-state index < -0.39 is 0 Å². The Hall–Kier alpha value is -2.55. The van der Waals surface area contributed by atoms with E-state index in [0.29, 0.717) is 0 Å². The molecule has 2 aromatic carbocycles. The van der Waals surface area contributed by atoms with Crippen molar-refractivity contribution in [1.82, 2.24) is 4.98 Å². The zero-order valence-corrected chi connectivity index (χ0v) is 12.1. The van der Waals surface area contributed by atoms with E-state index in [2.05, 4.69) is 47.6 Å². The third-order valence-corrected chi connectivity index (χ3v) is 3.77. The summed E-state index contributed by atoms with van der Waals surface area (Å²) in [7, 11) is 0. The maximum atomic E-state index is 5.97. The number of para-hydroxylation sites is 1. The molecule has 0 atom stereocenters. The van der Waals surface area contributed by atoms with E-state index in [-0.39, 0.29) is 0 Å². The second-order valence-electron chi connectivity index (χ2n) is 5.21. The van der Waals surface area contributed by atoms with Gasteiger partial charge in [-0.2, -0.15) is 0 Å². The molecular weight excluding hydrogens is 258 g/mol. The minimum Gasteiger partial charge on any atom is -0.397 e. The summed E-state index contributed by atoms with van der Waals surface area (Å²) in [5.41, 5.74) is 11.3. The van der Waals surface area contributed by atoms with Gasteiger partial charge in [-0.05, 0) is 36.6 Å². The molecule has 3 N–H and O–H groups in total. The lowest BCUT2D eigenvalue weighted by atomic mass is 10.1. The van der Waals surface area contributed by atoms with Crippen LogP contribution in [0.5, 0.6) is 0 Å². The molecule has 106 valence electrons. The fourth-order valence-electron chi connectivity index (χ4n) is 2.58. The van der Waals surface area contributed by atoms with Crippen molar-refractivity contribution in [2.24, 2.45) is 0 Å². The van der Waals surface area contributed by atoms with Gasteiger partial charge < -0.3 is 11.1 Å². The Labute approximate surface area is 124 Å². The van der Waals surface area contributed by atoms with Crippen LogP contribution in [0.15, 0.2) is 54.7 Å². The summed E-state index contributed by atoms with van der Waals surface area (Å²) in [4.78, 5) is 4.36. The van der Waals surface area contributed by atoms with E-state index in [1.807, 2.05) is 18.2 Å². The van der Waals surface area contributed by atoms with Crippen LogP contribution in [0.1, 0.15) is 11.1 Å². The van der Waals surface area contributed by atoms with E-state index in [1.165, 1.54) is 11.1 Å². The van der Waals surface area contributed by atoms with E-state index in [0.717, 1.165) is 35.2 Å². The van der Waals surface area contributed by atoms with Crippen molar-refractivity contribution in [1.29, 1.82) is 0 Å². The van der Waals surface area contributed by atoms with Gasteiger partial charge in [0, 0.05) is 23.8 Å². The number of hydrogen-bond acceptors (Lipinski definition) is 3. The number of anilines is 2. The molecule has 3 nitrogen and oxygen atoms in total. The summed E-state index contributed by atoms with van der Waals surface area (Å²) in [5.74, 6) is 0. The molecule has 0 amide bonds. The van der Waals surface area contributed by atoms with Gasteiger partial charge in [0.2, 0.25) is 0 Å². The van der Waals surface area contributed by atoms with Crippen LogP contribution in [0, 0.1) is 6.92 Å². The van der Waals surface area contributed by atoms with Gasteiger partial charge in [-0.15, -0.1) is 0 Å². The van der Waals surface area contributed by atoms with Crippen molar-refractivity contribution in [3.05, 3.63) is 65.9 Å². The second kappa shape index (κ2) is 5.83. The van der Waals surface area contributed by atoms with Crippen LogP contribution in [0.2, 0.25) is 0 Å². The Kier molecular flexibility index (Phi) is 3.73. The van der Waals surface area contributed by atoms with Gasteiger partial charge in [-0.3, -0.25) is 4.98 Å². The normalized spacial score (nSPS) is 10.7. The van der Waals surface area contributed by atoms with Crippen molar-refractivity contribution >= 4 is 22.3 Å². The molecule has 0 aliphatic heterocycles. The molecule has 3 heteroatoms. The molecule has 1 heterocycles. The number of nitrogens with zero attached hydrogens (tertiary/aromatic N) is 1. The van der Waals surface area contributed by atoms with E-state index in [4.69, 9.17) is 5.73 Å². The van der Waals surface area contributed by atoms with Crippen LogP contribution in [-0.4, -0.2) is 11.5 Å². The van der Waals surface area contributed by atoms with Gasteiger partial charge in [-0.1, -0.05) is 36.4 Å². The summed E-state index contributed by atoms with van der Waals surface area (Å²) < 4.78 is 0. The first-order valence-electron chi connectivity index (χ1n) is 7.17. The fourth-order valence-corrected chi connectivity index (χ4v) is 2.58. The fraction of sp³-hybridized carbons (Fsp3) is 0.167. The lowest BCUT2D eigenvalue weighted by molar-refractivity contribution is 1.01. The van der Waals surface area contributed by atoms with Gasteiger partial charge in [0.25, 0.3) is 0 Å². The quantitative estimate of drug-likeness (QED) is 0.713. The average Bonchev–Trinajstić information content (AvgIpc) is 2.50. The molecule has 0 saturated carbocycles. The monoisotopic (exact) mass is 277 g/mol. The summed E-state index contributed by atoms with van der Waals surface area (Å²) in [6, 6.07) is 16.4. The second-order valence-corrected chi connectivity index (χ2v) is 5.21. The average molecular weight is 277 g/mol. The summed E-state index contributed by atoms with van der Waals surface area (Å²) in [6.45, 7) is 3.04. The molecule has 0 unspecified atom stereocenters. The summed E-state index contributed by atoms with van der Waals surface area (Å²) in [5, 5.41) is 4.57. The Morgan fingerprint density at radius 1 is 1.05 bits per heavy atom. The highest BCUT2D eigenvalue weighted by Crippen LogP contribution is 2.25. The number of pyridine rings is 1. The largest absolute Gasteiger partial charge is 0.397 e. The van der Waals surface area contributed by atoms with E-state index in [1.54, 1.807) is 6.20 Å². The van der Waals surface area contributed by atoms with Crippen LogP contribution < -0.4 is 11.1 Å². The Morgan fingerprint density at radius 2 is 1.90 bits per heavy atom. The maximum absolute atomic E-state index is 5.97. The predicted molar refractivity (Wildman–Crippen MR) is 89.5 cm³/mol. The van der Waals surface area contributed by atoms with Gasteiger partial charge >= 0.3 is 0 Å². The molecule has 0 fully saturated rings. The Bertz CT molecular complexity index is 765. The third kappa shape index (κ3) is 2.82. The van der Waals surface area contributed by atoms with E-state index in [9.17, 15) is 0 Å². The van der Waals surface area contributed by atoms with Crippen molar-refractivity contribution in [3.63, 3.8) is 0 Å². The molecule has 0 aliphatic rings. The zero-order chi connectivity index (χ0) is 14.7. The molecule has 0 aliphatic carbocycles. The first-order valence-corrected chi connectivity index (χ1v) is 7.17. The smallest absolute Gasteiger partial charge is 0.0951 e. The predicted octanol–water partition coefficient (Wildman–Crippen LogP) is 3.78. The van der Waals surface area contributed by atoms with Crippen LogP contribution in [0.3, 0.4) is 0 Å². The van der Waals surface area contributed by atoms with Gasteiger partial charge in [-0.25, -0.2) is 0 Å². The first kappa shape index (κ1) is 13.4. The lowest BCUT2D eigenvalue weighted by Crippen LogP contribution is -2.06. The van der Waals surface area contributed by atoms with Crippen molar-refractivity contribution in [3.8, 4) is 0 Å². The minimum absolute atomic E-state index is 0.718. The van der Waals surface area contributed by atoms with Crippen LogP contribution in [0.4, 0.5) is 11.4 Å². The number of aryl methyl sites for hydroxylation is 1. The standard InChI is InChI=1S/C18H19N3/c1-13-5-2-3-6-14(13)9-11-20-17-10-12-21-18-15(17)7-4-8-16(18)19/h2-8,10,12H,9,11,19H2,1H3,(H,20,21). The van der Waals surface area contributed by atoms with Crippen LogP contribution in [0.25, 0.3) is 10.9 Å². The highest BCUT2D eigenvalue weighted by atomic mass is 14.9. The molecule has 3 aromatic rings. The van der Waals surface area contributed by atoms with Crippen molar-refractivity contribution < 1.29 is 0 Å². The molecule has 3 rings (SSSR count). The molecule has 0 spiro atoms. The number of aromatic nitrogens is 1. The first-order chi connectivity index (χ1) is 10.3. The summed E-state index contributed by atoms with van der Waals surface area (Å²) in [6.07, 6.45) is 2.80. The maximum Gasteiger partial charge on any atom is 0.0951 e. The highest BCUT2D eigenvalue weighted by Gasteiger charge is 2.04. The number of benzene rings is 2. The molecule has 1 aromatic heterocycles. The molecular formula is C18H19N3. The SMILES string of the molecule is Cc1ccccc1CCNc1ccnc2c(N)cccc12. The minimum atomic E-state index is 0.718. The Balaban J connectivity index is 1.77. The van der Waals surface area contributed by atoms with Crippen molar-refractivity contribution in [2.45, 2.75) is 13.3 Å². The number of rotatable bonds is 4. The number of nitrogens with two attached hydrogens (primary N) is 1. The molecule has 0 saturated heterocycles. The third-order valence-electron chi connectivity index (χ3n) is 3.77. The van der Waals surface area contributed by atoms with E-state index >= 15 is 0 Å². The zero-order valence-electron chi connectivity index (χ0n) is 12.1. The molecule has 0 radical (unpaired) electrons.